The van der Waals surface area contributed by atoms with Crippen molar-refractivity contribution in [2.75, 3.05) is 12.4 Å². The topological polar surface area (TPSA) is 12.0 Å². The van der Waals surface area contributed by atoms with Crippen LogP contribution in [-0.2, 0) is 0 Å². The Morgan fingerprint density at radius 1 is 1.33 bits per heavy atom. The Balaban J connectivity index is 2.18. The van der Waals surface area contributed by atoms with Gasteiger partial charge in [-0.1, -0.05) is 12.8 Å². The van der Waals surface area contributed by atoms with Crippen LogP contribution in [0.15, 0.2) is 0 Å². The second-order valence-corrected chi connectivity index (χ2v) is 2.96. The van der Waals surface area contributed by atoms with Crippen LogP contribution < -0.4 is 5.32 Å². The highest BCUT2D eigenvalue weighted by Gasteiger charge is 2.08. The van der Waals surface area contributed by atoms with Crippen LogP contribution in [0.1, 0.15) is 25.7 Å². The van der Waals surface area contributed by atoms with Gasteiger partial charge in [-0.3, -0.25) is 0 Å². The Morgan fingerprint density at radius 2 is 2.22 bits per heavy atom. The Bertz CT molecular complexity index is 67.3. The zero-order valence-corrected chi connectivity index (χ0v) is 6.45. The average molecular weight is 148 g/mol. The predicted molar refractivity (Wildman–Crippen MR) is 41.0 cm³/mol. The molecule has 1 rings (SSSR count). The highest BCUT2D eigenvalue weighted by Crippen LogP contribution is 2.08. The number of alkyl halides is 1. The molecule has 0 amide bonds. The van der Waals surface area contributed by atoms with Crippen LogP contribution >= 0.6 is 11.6 Å². The number of halogens is 1. The molecule has 9 heavy (non-hydrogen) atoms. The van der Waals surface area contributed by atoms with E-state index in [1.165, 1.54) is 25.7 Å². The fraction of sp³-hybridized carbons (Fsp3) is 1.00. The lowest BCUT2D eigenvalue weighted by molar-refractivity contribution is 0.555. The molecule has 54 valence electrons. The first-order valence-electron chi connectivity index (χ1n) is 3.73. The lowest BCUT2D eigenvalue weighted by Gasteiger charge is -2.10. The van der Waals surface area contributed by atoms with Crippen LogP contribution in [0.2, 0.25) is 0 Å². The Hall–Kier alpha value is 0.250. The monoisotopic (exact) mass is 147 g/mol. The summed E-state index contributed by atoms with van der Waals surface area (Å²) < 4.78 is 0. The summed E-state index contributed by atoms with van der Waals surface area (Å²) in [7, 11) is 0. The highest BCUT2D eigenvalue weighted by atomic mass is 35.5. The quantitative estimate of drug-likeness (QED) is 0.558. The minimum atomic E-state index is 0.592. The minimum Gasteiger partial charge on any atom is -0.313 e. The Labute approximate surface area is 61.8 Å². The summed E-state index contributed by atoms with van der Waals surface area (Å²) in [6.07, 6.45) is 5.32. The van der Waals surface area contributed by atoms with Crippen LogP contribution in [0, 0.1) is 0 Å². The normalized spacial score (nSPS) is 29.7. The van der Waals surface area contributed by atoms with Crippen molar-refractivity contribution in [3.63, 3.8) is 0 Å². The fourth-order valence-corrected chi connectivity index (χ4v) is 1.50. The van der Waals surface area contributed by atoms with E-state index in [1.54, 1.807) is 0 Å². The van der Waals surface area contributed by atoms with Gasteiger partial charge >= 0.3 is 0 Å². The van der Waals surface area contributed by atoms with E-state index in [9.17, 15) is 0 Å². The lowest BCUT2D eigenvalue weighted by Crippen LogP contribution is -2.29. The standard InChI is InChI=1S/C7H14ClN/c8-6-7-4-2-1-3-5-9-7/h7,9H,1-6H2. The maximum atomic E-state index is 5.69. The van der Waals surface area contributed by atoms with E-state index in [2.05, 4.69) is 5.32 Å². The summed E-state index contributed by atoms with van der Waals surface area (Å²) >= 11 is 5.69. The maximum absolute atomic E-state index is 5.69. The third kappa shape index (κ3) is 2.55. The van der Waals surface area contributed by atoms with E-state index < -0.39 is 0 Å². The van der Waals surface area contributed by atoms with Crippen molar-refractivity contribution in [2.45, 2.75) is 31.7 Å². The van der Waals surface area contributed by atoms with E-state index in [1.807, 2.05) is 0 Å². The van der Waals surface area contributed by atoms with Crippen LogP contribution in [-0.4, -0.2) is 18.5 Å². The van der Waals surface area contributed by atoms with Crippen LogP contribution in [0.25, 0.3) is 0 Å². The van der Waals surface area contributed by atoms with Gasteiger partial charge in [-0.2, -0.15) is 0 Å². The van der Waals surface area contributed by atoms with Gasteiger partial charge in [-0.05, 0) is 19.4 Å². The number of hydrogen-bond acceptors (Lipinski definition) is 1. The number of nitrogens with one attached hydrogen (secondary N) is 1. The van der Waals surface area contributed by atoms with E-state index in [0.717, 1.165) is 12.4 Å². The van der Waals surface area contributed by atoms with Gasteiger partial charge in [-0.25, -0.2) is 0 Å². The fourth-order valence-electron chi connectivity index (χ4n) is 1.23. The molecule has 0 spiro atoms. The van der Waals surface area contributed by atoms with Gasteiger partial charge in [0.1, 0.15) is 0 Å². The largest absolute Gasteiger partial charge is 0.313 e. The molecule has 1 N–H and O–H groups in total. The van der Waals surface area contributed by atoms with Gasteiger partial charge in [0.05, 0.1) is 0 Å². The molecule has 1 saturated heterocycles. The minimum absolute atomic E-state index is 0.592. The lowest BCUT2D eigenvalue weighted by atomic mass is 10.1. The molecule has 1 nitrogen and oxygen atoms in total. The van der Waals surface area contributed by atoms with Gasteiger partial charge < -0.3 is 5.32 Å². The van der Waals surface area contributed by atoms with Crippen LogP contribution in [0.5, 0.6) is 0 Å². The van der Waals surface area contributed by atoms with Gasteiger partial charge in [0.2, 0.25) is 0 Å². The summed E-state index contributed by atoms with van der Waals surface area (Å²) in [5, 5.41) is 3.40. The molecule has 1 unspecified atom stereocenters. The van der Waals surface area contributed by atoms with Gasteiger partial charge in [0, 0.05) is 11.9 Å². The molecule has 1 fully saturated rings. The summed E-state index contributed by atoms with van der Waals surface area (Å²) in [5.41, 5.74) is 0. The second-order valence-electron chi connectivity index (χ2n) is 2.65. The molecule has 1 aliphatic heterocycles. The SMILES string of the molecule is ClCC1CCCCCN1. The van der Waals surface area contributed by atoms with Crippen molar-refractivity contribution in [1.29, 1.82) is 0 Å². The molecule has 0 radical (unpaired) electrons. The predicted octanol–water partition coefficient (Wildman–Crippen LogP) is 1.76. The molecule has 0 aromatic carbocycles. The number of rotatable bonds is 1. The highest BCUT2D eigenvalue weighted by molar-refractivity contribution is 6.18. The average Bonchev–Trinajstić information content (AvgIpc) is 2.13. The van der Waals surface area contributed by atoms with Crippen LogP contribution in [0.4, 0.5) is 0 Å². The van der Waals surface area contributed by atoms with Crippen molar-refractivity contribution in [1.82, 2.24) is 5.32 Å². The van der Waals surface area contributed by atoms with E-state index in [4.69, 9.17) is 11.6 Å². The first kappa shape index (κ1) is 7.36. The molecule has 1 heterocycles. The summed E-state index contributed by atoms with van der Waals surface area (Å²) in [6, 6.07) is 0.592. The summed E-state index contributed by atoms with van der Waals surface area (Å²) in [5.74, 6) is 0.778. The van der Waals surface area contributed by atoms with E-state index in [-0.39, 0.29) is 0 Å². The first-order valence-corrected chi connectivity index (χ1v) is 4.26. The van der Waals surface area contributed by atoms with Crippen molar-refractivity contribution in [2.24, 2.45) is 0 Å². The molecule has 0 aliphatic carbocycles. The maximum Gasteiger partial charge on any atom is 0.0377 e. The molecule has 0 aromatic rings. The molecule has 0 saturated carbocycles. The molecule has 2 heteroatoms. The Kier molecular flexibility index (Phi) is 3.37. The third-order valence-corrected chi connectivity index (χ3v) is 2.22. The molecular formula is C7H14ClN. The first-order chi connectivity index (χ1) is 4.43. The summed E-state index contributed by atoms with van der Waals surface area (Å²) in [4.78, 5) is 0. The zero-order chi connectivity index (χ0) is 6.53. The van der Waals surface area contributed by atoms with E-state index >= 15 is 0 Å². The van der Waals surface area contributed by atoms with Crippen molar-refractivity contribution < 1.29 is 0 Å². The van der Waals surface area contributed by atoms with Crippen molar-refractivity contribution >= 4 is 11.6 Å². The van der Waals surface area contributed by atoms with E-state index in [0.29, 0.717) is 6.04 Å². The summed E-state index contributed by atoms with van der Waals surface area (Å²) in [6.45, 7) is 1.16. The Morgan fingerprint density at radius 3 is 3.00 bits per heavy atom. The molecule has 0 bridgehead atoms. The van der Waals surface area contributed by atoms with Gasteiger partial charge in [0.15, 0.2) is 0 Å². The zero-order valence-electron chi connectivity index (χ0n) is 5.70. The van der Waals surface area contributed by atoms with Crippen molar-refractivity contribution in [3.05, 3.63) is 0 Å². The van der Waals surface area contributed by atoms with Crippen molar-refractivity contribution in [3.8, 4) is 0 Å². The van der Waals surface area contributed by atoms with Gasteiger partial charge in [0.25, 0.3) is 0 Å². The number of hydrogen-bond donors (Lipinski definition) is 1. The molecule has 1 aliphatic rings. The smallest absolute Gasteiger partial charge is 0.0377 e. The third-order valence-electron chi connectivity index (χ3n) is 1.85. The van der Waals surface area contributed by atoms with Gasteiger partial charge in [-0.15, -0.1) is 11.6 Å². The molecular weight excluding hydrogens is 134 g/mol. The second kappa shape index (κ2) is 4.13. The molecule has 0 aromatic heterocycles. The van der Waals surface area contributed by atoms with Crippen LogP contribution in [0.3, 0.4) is 0 Å². The molecule has 1 atom stereocenters.